The maximum absolute atomic E-state index is 12.5. The van der Waals surface area contributed by atoms with Gasteiger partial charge in [-0.1, -0.05) is 0 Å². The van der Waals surface area contributed by atoms with Crippen molar-refractivity contribution in [3.05, 3.63) is 68.4 Å². The van der Waals surface area contributed by atoms with Crippen LogP contribution in [-0.4, -0.2) is 15.8 Å². The van der Waals surface area contributed by atoms with Crippen LogP contribution in [0.3, 0.4) is 0 Å². The lowest BCUT2D eigenvalue weighted by molar-refractivity contribution is -0.516. The molecule has 0 fully saturated rings. The third-order valence-corrected chi connectivity index (χ3v) is 3.54. The molecule has 0 saturated carbocycles. The fourth-order valence-corrected chi connectivity index (χ4v) is 2.38. The molecule has 2 aromatic heterocycles. The molecule has 0 aliphatic heterocycles. The average Bonchev–Trinajstić information content (AvgIpc) is 2.82. The number of hydrogen-bond donors (Lipinski definition) is 1. The Morgan fingerprint density at radius 2 is 1.91 bits per heavy atom. The van der Waals surface area contributed by atoms with Gasteiger partial charge in [-0.15, -0.1) is 4.40 Å². The molecule has 0 unspecified atom stereocenters. The summed E-state index contributed by atoms with van der Waals surface area (Å²) in [6.45, 7) is 0. The first-order chi connectivity index (χ1) is 10.5. The van der Waals surface area contributed by atoms with Gasteiger partial charge in [0.2, 0.25) is 0 Å². The van der Waals surface area contributed by atoms with Crippen molar-refractivity contribution in [2.75, 3.05) is 0 Å². The van der Waals surface area contributed by atoms with E-state index in [1.165, 1.54) is 28.7 Å². The predicted octanol–water partition coefficient (Wildman–Crippen LogP) is 2.63. The van der Waals surface area contributed by atoms with Crippen LogP contribution in [0.4, 0.5) is 5.69 Å². The van der Waals surface area contributed by atoms with Gasteiger partial charge in [-0.2, -0.15) is 0 Å². The average molecular weight is 364 g/mol. The molecule has 0 spiro atoms. The van der Waals surface area contributed by atoms with E-state index in [0.717, 1.165) is 0 Å². The minimum Gasteiger partial charge on any atom is -0.476 e. The van der Waals surface area contributed by atoms with Crippen molar-refractivity contribution in [3.8, 4) is 5.95 Å². The van der Waals surface area contributed by atoms with Crippen molar-refractivity contribution in [1.82, 2.24) is 0 Å². The molecule has 2 heterocycles. The molecule has 1 N–H and O–H groups in total. The number of benzene rings is 1. The summed E-state index contributed by atoms with van der Waals surface area (Å²) in [5, 5.41) is 20.5. The zero-order valence-corrected chi connectivity index (χ0v) is 12.5. The van der Waals surface area contributed by atoms with Crippen LogP contribution >= 0.6 is 15.9 Å². The van der Waals surface area contributed by atoms with E-state index >= 15 is 0 Å². The molecule has 8 heteroatoms. The Morgan fingerprint density at radius 3 is 2.55 bits per heavy atom. The zero-order chi connectivity index (χ0) is 15.9. The van der Waals surface area contributed by atoms with Gasteiger partial charge in [-0.25, -0.2) is 0 Å². The molecule has 110 valence electrons. The van der Waals surface area contributed by atoms with Crippen molar-refractivity contribution in [1.29, 1.82) is 0 Å². The highest BCUT2D eigenvalue weighted by Crippen LogP contribution is 2.23. The number of rotatable bonds is 3. The van der Waals surface area contributed by atoms with Gasteiger partial charge in [0.05, 0.1) is 15.5 Å². The van der Waals surface area contributed by atoms with Gasteiger partial charge < -0.3 is 9.52 Å². The van der Waals surface area contributed by atoms with Gasteiger partial charge in [0.15, 0.2) is 6.20 Å². The highest BCUT2D eigenvalue weighted by molar-refractivity contribution is 9.10. The van der Waals surface area contributed by atoms with Gasteiger partial charge in [0.25, 0.3) is 11.5 Å². The summed E-state index contributed by atoms with van der Waals surface area (Å²) in [4.78, 5) is 22.6. The lowest BCUT2D eigenvalue weighted by atomic mass is 10.1. The maximum Gasteiger partial charge on any atom is 0.382 e. The Kier molecular flexibility index (Phi) is 3.38. The van der Waals surface area contributed by atoms with E-state index in [2.05, 4.69) is 15.9 Å². The highest BCUT2D eigenvalue weighted by atomic mass is 79.9. The number of aromatic hydroxyl groups is 1. The van der Waals surface area contributed by atoms with Crippen LogP contribution in [-0.2, 0) is 0 Å². The minimum atomic E-state index is -0.551. The molecule has 0 aliphatic carbocycles. The molecule has 22 heavy (non-hydrogen) atoms. The largest absolute Gasteiger partial charge is 0.476 e. The number of ketones is 1. The van der Waals surface area contributed by atoms with E-state index in [0.29, 0.717) is 10.2 Å². The molecule has 3 rings (SSSR count). The Balaban J connectivity index is 2.10. The number of carbonyl (C=O) groups excluding carboxylic acids is 1. The van der Waals surface area contributed by atoms with Crippen LogP contribution in [0, 0.1) is 10.1 Å². The third kappa shape index (κ3) is 2.33. The number of nitrogens with zero attached hydrogens (tertiary/aromatic N) is 2. The molecule has 3 aromatic rings. The summed E-state index contributed by atoms with van der Waals surface area (Å²) in [6.07, 6.45) is 1.58. The number of hydrogen-bond acceptors (Lipinski definition) is 5. The summed E-state index contributed by atoms with van der Waals surface area (Å²) in [5.74, 6) is -1.02. The number of oxazole rings is 1. The molecule has 7 nitrogen and oxygen atoms in total. The summed E-state index contributed by atoms with van der Waals surface area (Å²) in [6, 6.07) is 8.42. The minimum absolute atomic E-state index is 0.0508. The molecule has 0 aliphatic rings. The molecule has 0 amide bonds. The molecule has 0 saturated heterocycles. The second-order valence-electron chi connectivity index (χ2n) is 4.44. The summed E-state index contributed by atoms with van der Waals surface area (Å²) in [7, 11) is 0. The highest BCUT2D eigenvalue weighted by Gasteiger charge is 2.31. The van der Waals surface area contributed by atoms with Gasteiger partial charge in [0, 0.05) is 17.7 Å². The van der Waals surface area contributed by atoms with Crippen LogP contribution in [0.5, 0.6) is 5.95 Å². The molecule has 0 atom stereocenters. The number of fused-ring (bicyclic) bond motifs is 1. The Hall–Kier alpha value is -2.74. The van der Waals surface area contributed by atoms with Gasteiger partial charge in [-0.05, 0) is 34.1 Å². The van der Waals surface area contributed by atoms with E-state index in [-0.39, 0.29) is 16.9 Å². The number of halogens is 1. The number of aromatic nitrogens is 1. The second-order valence-corrected chi connectivity index (χ2v) is 5.36. The smallest absolute Gasteiger partial charge is 0.382 e. The van der Waals surface area contributed by atoms with Crippen LogP contribution in [0.25, 0.3) is 5.71 Å². The first-order valence-corrected chi connectivity index (χ1v) is 6.88. The molecular formula is C14H8BrN2O5+. The Labute approximate surface area is 131 Å². The van der Waals surface area contributed by atoms with Crippen LogP contribution in [0.15, 0.2) is 51.5 Å². The van der Waals surface area contributed by atoms with Crippen molar-refractivity contribution in [3.63, 3.8) is 0 Å². The summed E-state index contributed by atoms with van der Waals surface area (Å²) < 4.78 is 7.23. The number of nitro groups is 1. The van der Waals surface area contributed by atoms with E-state index in [1.54, 1.807) is 18.3 Å². The van der Waals surface area contributed by atoms with E-state index in [1.807, 2.05) is 0 Å². The van der Waals surface area contributed by atoms with Gasteiger partial charge in [-0.3, -0.25) is 14.9 Å². The van der Waals surface area contributed by atoms with E-state index in [4.69, 9.17) is 4.42 Å². The number of nitro benzene ring substituents is 1. The van der Waals surface area contributed by atoms with Gasteiger partial charge >= 0.3 is 17.4 Å². The first-order valence-electron chi connectivity index (χ1n) is 6.09. The number of carbonyl (C=O) groups is 1. The fraction of sp³-hybridized carbons (Fsp3) is 0. The standard InChI is InChI=1S/C14H7BrN2O5/c15-9-3-6-11-16(7-9)12(14(19)22-11)13(18)8-1-4-10(5-2-8)17(20)21/h1-7H/p+1. The van der Waals surface area contributed by atoms with Crippen LogP contribution < -0.4 is 4.40 Å². The lowest BCUT2D eigenvalue weighted by Gasteiger charge is -1.96. The summed E-state index contributed by atoms with van der Waals surface area (Å²) in [5.41, 5.74) is 0.334. The lowest BCUT2D eigenvalue weighted by Crippen LogP contribution is -2.27. The number of non-ortho nitro benzene ring substituents is 1. The molecular weight excluding hydrogens is 356 g/mol. The number of pyridine rings is 1. The van der Waals surface area contributed by atoms with Crippen molar-refractivity contribution < 1.29 is 23.6 Å². The van der Waals surface area contributed by atoms with E-state index in [9.17, 15) is 20.0 Å². The molecule has 0 bridgehead atoms. The second kappa shape index (κ2) is 5.23. The normalized spacial score (nSPS) is 10.8. The molecule has 0 radical (unpaired) electrons. The monoisotopic (exact) mass is 363 g/mol. The first kappa shape index (κ1) is 14.2. The molecule has 1 aromatic carbocycles. The van der Waals surface area contributed by atoms with Crippen molar-refractivity contribution in [2.45, 2.75) is 0 Å². The SMILES string of the molecule is O=C(c1ccc([N+](=O)[O-])cc1)c1c(O)oc2ccc(Br)c[n+]12. The van der Waals surface area contributed by atoms with Gasteiger partial charge in [0.1, 0.15) is 0 Å². The predicted molar refractivity (Wildman–Crippen MR) is 77.8 cm³/mol. The van der Waals surface area contributed by atoms with Crippen LogP contribution in [0.1, 0.15) is 16.1 Å². The Bertz CT molecular complexity index is 901. The Morgan fingerprint density at radius 1 is 1.23 bits per heavy atom. The summed E-state index contributed by atoms with van der Waals surface area (Å²) >= 11 is 3.28. The fourth-order valence-electron chi connectivity index (χ4n) is 2.05. The zero-order valence-electron chi connectivity index (χ0n) is 10.9. The topological polar surface area (TPSA) is 97.7 Å². The third-order valence-electron chi connectivity index (χ3n) is 3.08. The van der Waals surface area contributed by atoms with Crippen molar-refractivity contribution >= 4 is 33.1 Å². The van der Waals surface area contributed by atoms with Crippen LogP contribution in [0.2, 0.25) is 0 Å². The maximum atomic E-state index is 12.5. The quantitative estimate of drug-likeness (QED) is 0.334. The van der Waals surface area contributed by atoms with E-state index < -0.39 is 16.7 Å². The van der Waals surface area contributed by atoms with Crippen molar-refractivity contribution in [2.24, 2.45) is 0 Å².